The van der Waals surface area contributed by atoms with Crippen LogP contribution in [0.25, 0.3) is 0 Å². The molecular formula is C13H16ClNO3. The van der Waals surface area contributed by atoms with Gasteiger partial charge in [-0.1, -0.05) is 32.4 Å². The lowest BCUT2D eigenvalue weighted by atomic mass is 9.95. The number of ether oxygens (including phenoxy) is 2. The van der Waals surface area contributed by atoms with Crippen molar-refractivity contribution in [2.45, 2.75) is 20.8 Å². The number of hydrogen-bond acceptors (Lipinski definition) is 3. The van der Waals surface area contributed by atoms with Crippen molar-refractivity contribution >= 4 is 23.2 Å². The number of benzene rings is 1. The summed E-state index contributed by atoms with van der Waals surface area (Å²) in [6, 6.07) is 3.36. The first kappa shape index (κ1) is 13.0. The Hall–Kier alpha value is -1.42. The Morgan fingerprint density at radius 3 is 2.33 bits per heavy atom. The minimum absolute atomic E-state index is 0.0962. The fraction of sp³-hybridized carbons (Fsp3) is 0.462. The van der Waals surface area contributed by atoms with Crippen LogP contribution in [0.5, 0.6) is 11.5 Å². The molecule has 0 atom stereocenters. The number of fused-ring (bicyclic) bond motifs is 1. The van der Waals surface area contributed by atoms with E-state index in [-0.39, 0.29) is 5.91 Å². The summed E-state index contributed by atoms with van der Waals surface area (Å²) in [7, 11) is 0. The molecule has 0 radical (unpaired) electrons. The number of halogens is 1. The Labute approximate surface area is 111 Å². The van der Waals surface area contributed by atoms with E-state index in [1.807, 2.05) is 20.8 Å². The second-order valence-corrected chi connectivity index (χ2v) is 5.59. The smallest absolute Gasteiger partial charge is 0.229 e. The zero-order valence-electron chi connectivity index (χ0n) is 10.7. The second kappa shape index (κ2) is 4.69. The lowest BCUT2D eigenvalue weighted by Gasteiger charge is -2.22. The SMILES string of the molecule is CC(C)(C)C(=O)Nc1cc2c(cc1Cl)OCCO2. The maximum absolute atomic E-state index is 11.9. The Morgan fingerprint density at radius 2 is 1.78 bits per heavy atom. The summed E-state index contributed by atoms with van der Waals surface area (Å²) in [6.07, 6.45) is 0. The summed E-state index contributed by atoms with van der Waals surface area (Å²) < 4.78 is 10.9. The van der Waals surface area contributed by atoms with Gasteiger partial charge in [-0.15, -0.1) is 0 Å². The Kier molecular flexibility index (Phi) is 3.39. The molecule has 0 spiro atoms. The lowest BCUT2D eigenvalue weighted by molar-refractivity contribution is -0.123. The molecule has 5 heteroatoms. The minimum Gasteiger partial charge on any atom is -0.486 e. The molecule has 1 N–H and O–H groups in total. The number of carbonyl (C=O) groups excluding carboxylic acids is 1. The average molecular weight is 270 g/mol. The molecule has 0 bridgehead atoms. The molecule has 0 saturated heterocycles. The maximum Gasteiger partial charge on any atom is 0.229 e. The molecule has 0 saturated carbocycles. The summed E-state index contributed by atoms with van der Waals surface area (Å²) in [4.78, 5) is 11.9. The van der Waals surface area contributed by atoms with E-state index in [4.69, 9.17) is 21.1 Å². The molecule has 1 amide bonds. The van der Waals surface area contributed by atoms with Crippen LogP contribution >= 0.6 is 11.6 Å². The van der Waals surface area contributed by atoms with E-state index in [1.54, 1.807) is 12.1 Å². The molecule has 1 aliphatic heterocycles. The molecule has 18 heavy (non-hydrogen) atoms. The van der Waals surface area contributed by atoms with E-state index < -0.39 is 5.41 Å². The van der Waals surface area contributed by atoms with E-state index in [0.717, 1.165) is 0 Å². The third kappa shape index (κ3) is 2.70. The van der Waals surface area contributed by atoms with Gasteiger partial charge in [0.15, 0.2) is 11.5 Å². The standard InChI is InChI=1S/C13H16ClNO3/c1-13(2,3)12(16)15-9-7-11-10(6-8(9)14)17-4-5-18-11/h6-7H,4-5H2,1-3H3,(H,15,16). The number of amides is 1. The Morgan fingerprint density at radius 1 is 1.22 bits per heavy atom. The second-order valence-electron chi connectivity index (χ2n) is 5.18. The van der Waals surface area contributed by atoms with Gasteiger partial charge in [0.1, 0.15) is 13.2 Å². The van der Waals surface area contributed by atoms with Crippen LogP contribution in [0.4, 0.5) is 5.69 Å². The zero-order valence-corrected chi connectivity index (χ0v) is 11.4. The normalized spacial score (nSPS) is 14.2. The van der Waals surface area contributed by atoms with E-state index >= 15 is 0 Å². The van der Waals surface area contributed by atoms with E-state index in [1.165, 1.54) is 0 Å². The summed E-state index contributed by atoms with van der Waals surface area (Å²) in [5.74, 6) is 1.12. The van der Waals surface area contributed by atoms with Crippen LogP contribution in [-0.4, -0.2) is 19.1 Å². The van der Waals surface area contributed by atoms with Crippen LogP contribution in [0.2, 0.25) is 5.02 Å². The van der Waals surface area contributed by atoms with E-state index in [9.17, 15) is 4.79 Å². The van der Waals surface area contributed by atoms with Crippen molar-refractivity contribution in [2.75, 3.05) is 18.5 Å². The van der Waals surface area contributed by atoms with Crippen molar-refractivity contribution in [3.63, 3.8) is 0 Å². The van der Waals surface area contributed by atoms with Gasteiger partial charge in [-0.2, -0.15) is 0 Å². The van der Waals surface area contributed by atoms with Crippen molar-refractivity contribution in [3.8, 4) is 11.5 Å². The third-order valence-electron chi connectivity index (χ3n) is 2.56. The van der Waals surface area contributed by atoms with E-state index in [0.29, 0.717) is 35.4 Å². The number of nitrogens with one attached hydrogen (secondary N) is 1. The van der Waals surface area contributed by atoms with Gasteiger partial charge in [-0.25, -0.2) is 0 Å². The summed E-state index contributed by atoms with van der Waals surface area (Å²) in [5, 5.41) is 3.24. The van der Waals surface area contributed by atoms with Gasteiger partial charge >= 0.3 is 0 Å². The predicted molar refractivity (Wildman–Crippen MR) is 70.5 cm³/mol. The van der Waals surface area contributed by atoms with Gasteiger partial charge in [0.05, 0.1) is 10.7 Å². The number of hydrogen-bond donors (Lipinski definition) is 1. The topological polar surface area (TPSA) is 47.6 Å². The predicted octanol–water partition coefficient (Wildman–Crippen LogP) is 3.10. The maximum atomic E-state index is 11.9. The molecule has 98 valence electrons. The number of anilines is 1. The van der Waals surface area contributed by atoms with E-state index in [2.05, 4.69) is 5.32 Å². The number of rotatable bonds is 1. The molecule has 1 heterocycles. The quantitative estimate of drug-likeness (QED) is 0.852. The molecule has 4 nitrogen and oxygen atoms in total. The number of carbonyl (C=O) groups is 1. The zero-order chi connectivity index (χ0) is 13.3. The first-order valence-electron chi connectivity index (χ1n) is 5.78. The van der Waals surface area contributed by atoms with Crippen LogP contribution in [-0.2, 0) is 4.79 Å². The molecule has 2 rings (SSSR count). The highest BCUT2D eigenvalue weighted by atomic mass is 35.5. The molecular weight excluding hydrogens is 254 g/mol. The van der Waals surface area contributed by atoms with Gasteiger partial charge in [0.25, 0.3) is 0 Å². The van der Waals surface area contributed by atoms with Crippen molar-refractivity contribution in [1.82, 2.24) is 0 Å². The van der Waals surface area contributed by atoms with Crippen molar-refractivity contribution < 1.29 is 14.3 Å². The first-order chi connectivity index (χ1) is 8.38. The minimum atomic E-state index is -0.476. The van der Waals surface area contributed by atoms with Gasteiger partial charge in [0.2, 0.25) is 5.91 Å². The Bertz CT molecular complexity index is 480. The molecule has 1 aliphatic rings. The average Bonchev–Trinajstić information content (AvgIpc) is 2.28. The molecule has 1 aromatic carbocycles. The highest BCUT2D eigenvalue weighted by Gasteiger charge is 2.23. The van der Waals surface area contributed by atoms with Gasteiger partial charge in [-0.05, 0) is 0 Å². The van der Waals surface area contributed by atoms with Crippen LogP contribution in [0, 0.1) is 5.41 Å². The van der Waals surface area contributed by atoms with Crippen LogP contribution in [0.15, 0.2) is 12.1 Å². The first-order valence-corrected chi connectivity index (χ1v) is 6.16. The molecule has 0 aromatic heterocycles. The van der Waals surface area contributed by atoms with Crippen molar-refractivity contribution in [3.05, 3.63) is 17.2 Å². The summed E-state index contributed by atoms with van der Waals surface area (Å²) in [6.45, 7) is 6.54. The van der Waals surface area contributed by atoms with Gasteiger partial charge in [-0.3, -0.25) is 4.79 Å². The summed E-state index contributed by atoms with van der Waals surface area (Å²) >= 11 is 6.11. The Balaban J connectivity index is 2.26. The molecule has 0 unspecified atom stereocenters. The van der Waals surface area contributed by atoms with Gasteiger partial charge < -0.3 is 14.8 Å². The largest absolute Gasteiger partial charge is 0.486 e. The van der Waals surface area contributed by atoms with Crippen LogP contribution in [0.1, 0.15) is 20.8 Å². The third-order valence-corrected chi connectivity index (χ3v) is 2.87. The molecule has 0 aliphatic carbocycles. The van der Waals surface area contributed by atoms with Crippen molar-refractivity contribution in [2.24, 2.45) is 5.41 Å². The van der Waals surface area contributed by atoms with Crippen LogP contribution < -0.4 is 14.8 Å². The monoisotopic (exact) mass is 269 g/mol. The lowest BCUT2D eigenvalue weighted by Crippen LogP contribution is -2.27. The molecule has 1 aromatic rings. The van der Waals surface area contributed by atoms with Crippen molar-refractivity contribution in [1.29, 1.82) is 0 Å². The highest BCUT2D eigenvalue weighted by Crippen LogP contribution is 2.38. The van der Waals surface area contributed by atoms with Crippen LogP contribution in [0.3, 0.4) is 0 Å². The summed E-state index contributed by atoms with van der Waals surface area (Å²) in [5.41, 5.74) is 0.0668. The fourth-order valence-corrected chi connectivity index (χ4v) is 1.67. The molecule has 0 fully saturated rings. The van der Waals surface area contributed by atoms with Gasteiger partial charge in [0, 0.05) is 17.5 Å². The fourth-order valence-electron chi connectivity index (χ4n) is 1.47. The highest BCUT2D eigenvalue weighted by molar-refractivity contribution is 6.34.